The molecule has 0 spiro atoms. The lowest BCUT2D eigenvalue weighted by atomic mass is 10.4. The van der Waals surface area contributed by atoms with Crippen LogP contribution >= 0.6 is 0 Å². The van der Waals surface area contributed by atoms with Crippen LogP contribution in [0.3, 0.4) is 0 Å². The zero-order valence-electron chi connectivity index (χ0n) is 3.74. The Morgan fingerprint density at radius 2 is 2.29 bits per heavy atom. The van der Waals surface area contributed by atoms with Crippen LogP contribution in [0.1, 0.15) is 0 Å². The van der Waals surface area contributed by atoms with Gasteiger partial charge in [-0.25, -0.2) is 0 Å². The molecule has 0 aliphatic carbocycles. The van der Waals surface area contributed by atoms with E-state index in [-0.39, 0.29) is 6.54 Å². The van der Waals surface area contributed by atoms with Crippen molar-refractivity contribution < 1.29 is 10.2 Å². The highest BCUT2D eigenvalue weighted by Crippen LogP contribution is 1.78. The van der Waals surface area contributed by atoms with Gasteiger partial charge in [-0.3, -0.25) is 0 Å². The second-order valence-corrected chi connectivity index (χ2v) is 1.15. The maximum absolute atomic E-state index is 9.25. The van der Waals surface area contributed by atoms with E-state index in [9.17, 15) is 4.91 Å². The molecular formula is C3H7NO3. The van der Waals surface area contributed by atoms with Crippen molar-refractivity contribution >= 4 is 0 Å². The fraction of sp³-hybridized carbons (Fsp3) is 1.00. The third-order valence-electron chi connectivity index (χ3n) is 0.496. The Balaban J connectivity index is 2.98. The van der Waals surface area contributed by atoms with Crippen LogP contribution in [-0.4, -0.2) is 29.5 Å². The van der Waals surface area contributed by atoms with Gasteiger partial charge in [0.05, 0.1) is 12.7 Å². The van der Waals surface area contributed by atoms with Gasteiger partial charge in [-0.2, -0.15) is 4.91 Å². The minimum absolute atomic E-state index is 0.226. The summed E-state index contributed by atoms with van der Waals surface area (Å²) < 4.78 is 0. The first-order valence-corrected chi connectivity index (χ1v) is 1.89. The second-order valence-electron chi connectivity index (χ2n) is 1.15. The molecule has 1 atom stereocenters. The zero-order chi connectivity index (χ0) is 5.70. The maximum Gasteiger partial charge on any atom is 0.109 e. The number of aliphatic hydroxyl groups excluding tert-OH is 2. The number of hydrogen-bond acceptors (Lipinski definition) is 4. The van der Waals surface area contributed by atoms with Gasteiger partial charge in [0.25, 0.3) is 0 Å². The van der Waals surface area contributed by atoms with Crippen molar-refractivity contribution in [2.45, 2.75) is 6.10 Å². The van der Waals surface area contributed by atoms with E-state index < -0.39 is 12.7 Å². The zero-order valence-corrected chi connectivity index (χ0v) is 3.74. The molecule has 0 rings (SSSR count). The van der Waals surface area contributed by atoms with Gasteiger partial charge < -0.3 is 10.2 Å². The minimum Gasteiger partial charge on any atom is -0.394 e. The summed E-state index contributed by atoms with van der Waals surface area (Å²) in [6.07, 6.45) is -0.975. The van der Waals surface area contributed by atoms with E-state index in [0.29, 0.717) is 0 Å². The molecule has 0 aromatic heterocycles. The van der Waals surface area contributed by atoms with Crippen LogP contribution in [0.4, 0.5) is 0 Å². The standard InChI is InChI=1S/C3H7NO3/c5-2-3(6)1-4-7/h3,5-6H,1-2H2/t3-/m1/s1. The van der Waals surface area contributed by atoms with Crippen molar-refractivity contribution in [3.05, 3.63) is 4.91 Å². The first kappa shape index (κ1) is 6.52. The Hall–Kier alpha value is -0.480. The molecule has 4 heteroatoms. The van der Waals surface area contributed by atoms with Crippen LogP contribution in [0.15, 0.2) is 5.18 Å². The van der Waals surface area contributed by atoms with E-state index >= 15 is 0 Å². The first-order chi connectivity index (χ1) is 3.31. The van der Waals surface area contributed by atoms with Crippen LogP contribution in [-0.2, 0) is 0 Å². The number of hydrogen-bond donors (Lipinski definition) is 2. The Bertz CT molecular complexity index is 56.1. The molecule has 0 aromatic carbocycles. The Kier molecular flexibility index (Phi) is 3.45. The normalized spacial score (nSPS) is 13.4. The molecule has 0 bridgehead atoms. The van der Waals surface area contributed by atoms with Crippen LogP contribution < -0.4 is 0 Å². The second kappa shape index (κ2) is 3.70. The van der Waals surface area contributed by atoms with Crippen molar-refractivity contribution in [1.29, 1.82) is 0 Å². The highest BCUT2D eigenvalue weighted by Gasteiger charge is 1.97. The average Bonchev–Trinajstić information content (AvgIpc) is 1.68. The fourth-order valence-corrected chi connectivity index (χ4v) is 0.144. The number of nitrogens with zero attached hydrogens (tertiary/aromatic N) is 1. The van der Waals surface area contributed by atoms with E-state index in [1.54, 1.807) is 0 Å². The summed E-state index contributed by atoms with van der Waals surface area (Å²) >= 11 is 0. The third-order valence-corrected chi connectivity index (χ3v) is 0.496. The number of nitroso groups, excluding NO2 is 1. The lowest BCUT2D eigenvalue weighted by Crippen LogP contribution is -2.14. The van der Waals surface area contributed by atoms with Crippen molar-refractivity contribution in [3.63, 3.8) is 0 Å². The van der Waals surface area contributed by atoms with E-state index in [0.717, 1.165) is 0 Å². The molecule has 0 saturated carbocycles. The SMILES string of the molecule is O=NC[C@@H](O)CO. The molecule has 0 aliphatic heterocycles. The van der Waals surface area contributed by atoms with Crippen LogP contribution in [0, 0.1) is 4.91 Å². The summed E-state index contributed by atoms with van der Waals surface area (Å²) in [5.74, 6) is 0. The summed E-state index contributed by atoms with van der Waals surface area (Å²) in [5, 5.41) is 18.7. The highest BCUT2D eigenvalue weighted by atomic mass is 16.3. The van der Waals surface area contributed by atoms with Crippen LogP contribution in [0.25, 0.3) is 0 Å². The van der Waals surface area contributed by atoms with Gasteiger partial charge in [0.1, 0.15) is 6.54 Å². The molecule has 0 aliphatic rings. The van der Waals surface area contributed by atoms with E-state index in [1.165, 1.54) is 0 Å². The van der Waals surface area contributed by atoms with Gasteiger partial charge in [0.2, 0.25) is 0 Å². The monoisotopic (exact) mass is 105 g/mol. The molecule has 7 heavy (non-hydrogen) atoms. The smallest absolute Gasteiger partial charge is 0.109 e. The van der Waals surface area contributed by atoms with Gasteiger partial charge in [-0.1, -0.05) is 5.18 Å². The Labute approximate surface area is 40.8 Å². The third kappa shape index (κ3) is 3.35. The highest BCUT2D eigenvalue weighted by molar-refractivity contribution is 4.53. The summed E-state index contributed by atoms with van der Waals surface area (Å²) in [5.41, 5.74) is 0. The molecule has 0 aromatic rings. The maximum atomic E-state index is 9.25. The molecule has 0 saturated heterocycles. The molecule has 2 N–H and O–H groups in total. The first-order valence-electron chi connectivity index (χ1n) is 1.89. The summed E-state index contributed by atoms with van der Waals surface area (Å²) in [7, 11) is 0. The predicted molar refractivity (Wildman–Crippen MR) is 23.8 cm³/mol. The molecule has 0 fully saturated rings. The van der Waals surface area contributed by atoms with Crippen LogP contribution in [0.2, 0.25) is 0 Å². The summed E-state index contributed by atoms with van der Waals surface area (Å²) in [6.45, 7) is -0.623. The lowest BCUT2D eigenvalue weighted by Gasteiger charge is -1.95. The predicted octanol–water partition coefficient (Wildman–Crippen LogP) is -0.894. The van der Waals surface area contributed by atoms with Gasteiger partial charge in [0.15, 0.2) is 0 Å². The summed E-state index contributed by atoms with van der Waals surface area (Å²) in [4.78, 5) is 9.25. The molecule has 0 radical (unpaired) electrons. The summed E-state index contributed by atoms with van der Waals surface area (Å²) in [6, 6.07) is 0. The van der Waals surface area contributed by atoms with E-state index in [2.05, 4.69) is 5.18 Å². The van der Waals surface area contributed by atoms with E-state index in [1.807, 2.05) is 0 Å². The largest absolute Gasteiger partial charge is 0.394 e. The van der Waals surface area contributed by atoms with Gasteiger partial charge >= 0.3 is 0 Å². The number of aliphatic hydroxyl groups is 2. The Morgan fingerprint density at radius 3 is 2.43 bits per heavy atom. The van der Waals surface area contributed by atoms with Crippen LogP contribution in [0.5, 0.6) is 0 Å². The van der Waals surface area contributed by atoms with E-state index in [4.69, 9.17) is 10.2 Å². The molecule has 42 valence electrons. The van der Waals surface area contributed by atoms with Crippen molar-refractivity contribution in [2.75, 3.05) is 13.2 Å². The average molecular weight is 105 g/mol. The Morgan fingerprint density at radius 1 is 1.71 bits per heavy atom. The minimum atomic E-state index is -0.975. The lowest BCUT2D eigenvalue weighted by molar-refractivity contribution is 0.102. The molecule has 0 amide bonds. The molecule has 0 heterocycles. The quantitative estimate of drug-likeness (QED) is 0.457. The van der Waals surface area contributed by atoms with Crippen molar-refractivity contribution in [1.82, 2.24) is 0 Å². The fourth-order valence-electron chi connectivity index (χ4n) is 0.144. The van der Waals surface area contributed by atoms with Gasteiger partial charge in [0, 0.05) is 0 Å². The number of rotatable bonds is 3. The van der Waals surface area contributed by atoms with Crippen molar-refractivity contribution in [2.24, 2.45) is 5.18 Å². The van der Waals surface area contributed by atoms with Gasteiger partial charge in [-0.05, 0) is 0 Å². The topological polar surface area (TPSA) is 69.9 Å². The van der Waals surface area contributed by atoms with Gasteiger partial charge in [-0.15, -0.1) is 0 Å². The molecule has 4 nitrogen and oxygen atoms in total. The molecular weight excluding hydrogens is 98.0 g/mol. The molecule has 0 unspecified atom stereocenters. The van der Waals surface area contributed by atoms with Crippen molar-refractivity contribution in [3.8, 4) is 0 Å².